The van der Waals surface area contributed by atoms with E-state index < -0.39 is 4.92 Å². The number of hydrogen-bond donors (Lipinski definition) is 1. The second kappa shape index (κ2) is 5.42. The van der Waals surface area contributed by atoms with Crippen molar-refractivity contribution in [1.29, 1.82) is 0 Å². The van der Waals surface area contributed by atoms with Crippen LogP contribution >= 0.6 is 11.6 Å². The number of nitro groups is 1. The number of nitrogens with zero attached hydrogens (tertiary/aromatic N) is 3. The molecule has 0 radical (unpaired) electrons. The van der Waals surface area contributed by atoms with Gasteiger partial charge in [0.15, 0.2) is 0 Å². The van der Waals surface area contributed by atoms with Crippen molar-refractivity contribution >= 4 is 28.8 Å². The third-order valence-corrected chi connectivity index (χ3v) is 3.04. The molecule has 2 rings (SSSR count). The Morgan fingerprint density at radius 3 is 2.40 bits per heavy atom. The Morgan fingerprint density at radius 1 is 1.25 bits per heavy atom. The number of nitrogens with one attached hydrogen (secondary N) is 1. The summed E-state index contributed by atoms with van der Waals surface area (Å²) in [6.07, 6.45) is 1.09. The molecule has 104 valence electrons. The van der Waals surface area contributed by atoms with Crippen molar-refractivity contribution in [3.63, 3.8) is 0 Å². The minimum Gasteiger partial charge on any atom is -0.334 e. The summed E-state index contributed by atoms with van der Waals surface area (Å²) in [5.74, 6) is 0.0880. The van der Waals surface area contributed by atoms with Crippen molar-refractivity contribution in [1.82, 2.24) is 9.97 Å². The van der Waals surface area contributed by atoms with Crippen LogP contribution in [0.2, 0.25) is 5.28 Å². The molecule has 20 heavy (non-hydrogen) atoms. The summed E-state index contributed by atoms with van der Waals surface area (Å²) in [6.45, 7) is 5.85. The van der Waals surface area contributed by atoms with Gasteiger partial charge < -0.3 is 5.32 Å². The van der Waals surface area contributed by atoms with E-state index in [2.05, 4.69) is 15.3 Å². The van der Waals surface area contributed by atoms with Crippen LogP contribution in [0, 0.1) is 30.9 Å². The third kappa shape index (κ3) is 2.85. The van der Waals surface area contributed by atoms with Crippen molar-refractivity contribution in [2.45, 2.75) is 20.8 Å². The van der Waals surface area contributed by atoms with Gasteiger partial charge in [-0.05, 0) is 43.5 Å². The molecule has 7 heteroatoms. The molecule has 0 saturated carbocycles. The van der Waals surface area contributed by atoms with E-state index in [1.807, 2.05) is 32.9 Å². The number of benzene rings is 1. The van der Waals surface area contributed by atoms with E-state index in [1.165, 1.54) is 0 Å². The Hall–Kier alpha value is -2.21. The van der Waals surface area contributed by atoms with Crippen molar-refractivity contribution in [3.8, 4) is 0 Å². The first kappa shape index (κ1) is 14.2. The first-order chi connectivity index (χ1) is 9.38. The highest BCUT2D eigenvalue weighted by Crippen LogP contribution is 2.30. The van der Waals surface area contributed by atoms with Gasteiger partial charge in [-0.1, -0.05) is 17.7 Å². The Balaban J connectivity index is 2.50. The van der Waals surface area contributed by atoms with Gasteiger partial charge in [0.25, 0.3) is 0 Å². The molecule has 0 bridgehead atoms. The molecule has 0 aliphatic heterocycles. The van der Waals surface area contributed by atoms with Crippen molar-refractivity contribution in [3.05, 3.63) is 50.4 Å². The second-order valence-electron chi connectivity index (χ2n) is 4.53. The Kier molecular flexibility index (Phi) is 3.85. The van der Waals surface area contributed by atoms with Gasteiger partial charge in [0.2, 0.25) is 11.1 Å². The average molecular weight is 293 g/mol. The summed E-state index contributed by atoms with van der Waals surface area (Å²) >= 11 is 5.71. The molecule has 0 saturated heterocycles. The first-order valence-electron chi connectivity index (χ1n) is 5.90. The van der Waals surface area contributed by atoms with E-state index in [-0.39, 0.29) is 16.8 Å². The quantitative estimate of drug-likeness (QED) is 0.530. The van der Waals surface area contributed by atoms with Crippen LogP contribution in [-0.2, 0) is 0 Å². The summed E-state index contributed by atoms with van der Waals surface area (Å²) in [7, 11) is 0. The summed E-state index contributed by atoms with van der Waals surface area (Å²) in [6, 6.07) is 3.98. The van der Waals surface area contributed by atoms with Crippen molar-refractivity contribution in [2.75, 3.05) is 5.32 Å². The molecule has 0 atom stereocenters. The molecular weight excluding hydrogens is 280 g/mol. The fraction of sp³-hybridized carbons (Fsp3) is 0.231. The number of rotatable bonds is 3. The normalized spacial score (nSPS) is 10.4. The largest absolute Gasteiger partial charge is 0.334 e. The number of aryl methyl sites for hydroxylation is 3. The van der Waals surface area contributed by atoms with Crippen LogP contribution in [0.5, 0.6) is 0 Å². The highest BCUT2D eigenvalue weighted by atomic mass is 35.5. The predicted molar refractivity (Wildman–Crippen MR) is 77.6 cm³/mol. The van der Waals surface area contributed by atoms with E-state index in [0.717, 1.165) is 28.6 Å². The Morgan fingerprint density at radius 2 is 1.85 bits per heavy atom. The summed E-state index contributed by atoms with van der Waals surface area (Å²) in [4.78, 5) is 18.0. The van der Waals surface area contributed by atoms with Gasteiger partial charge in [-0.2, -0.15) is 4.98 Å². The van der Waals surface area contributed by atoms with E-state index >= 15 is 0 Å². The third-order valence-electron chi connectivity index (χ3n) is 2.86. The van der Waals surface area contributed by atoms with Crippen molar-refractivity contribution in [2.24, 2.45) is 0 Å². The molecule has 0 spiro atoms. The molecule has 1 N–H and O–H groups in total. The van der Waals surface area contributed by atoms with Crippen LogP contribution in [0.4, 0.5) is 17.2 Å². The smallest absolute Gasteiger partial charge is 0.329 e. The van der Waals surface area contributed by atoms with Gasteiger partial charge in [-0.3, -0.25) is 10.1 Å². The fourth-order valence-electron chi connectivity index (χ4n) is 2.08. The van der Waals surface area contributed by atoms with Gasteiger partial charge in [-0.25, -0.2) is 4.98 Å². The number of anilines is 2. The topological polar surface area (TPSA) is 81.0 Å². The van der Waals surface area contributed by atoms with E-state index in [0.29, 0.717) is 0 Å². The molecule has 1 heterocycles. The molecule has 2 aromatic rings. The average Bonchev–Trinajstić information content (AvgIpc) is 2.33. The number of hydrogen-bond acceptors (Lipinski definition) is 5. The van der Waals surface area contributed by atoms with Gasteiger partial charge in [-0.15, -0.1) is 0 Å². The minimum atomic E-state index is -0.544. The maximum atomic E-state index is 11.0. The molecule has 0 aliphatic rings. The highest BCUT2D eigenvalue weighted by molar-refractivity contribution is 6.28. The highest BCUT2D eigenvalue weighted by Gasteiger charge is 2.18. The molecular formula is C13H13ClN4O2. The zero-order chi connectivity index (χ0) is 14.9. The molecule has 0 unspecified atom stereocenters. The van der Waals surface area contributed by atoms with Gasteiger partial charge in [0.05, 0.1) is 4.92 Å². The second-order valence-corrected chi connectivity index (χ2v) is 4.87. The van der Waals surface area contributed by atoms with E-state index in [9.17, 15) is 10.1 Å². The lowest BCUT2D eigenvalue weighted by molar-refractivity contribution is -0.384. The molecule has 0 aliphatic carbocycles. The maximum Gasteiger partial charge on any atom is 0.329 e. The first-order valence-corrected chi connectivity index (χ1v) is 6.28. The van der Waals surface area contributed by atoms with Gasteiger partial charge >= 0.3 is 5.69 Å². The van der Waals surface area contributed by atoms with Gasteiger partial charge in [0, 0.05) is 5.69 Å². The van der Waals surface area contributed by atoms with Crippen LogP contribution in [0.25, 0.3) is 0 Å². The Bertz CT molecular complexity index is 665. The van der Waals surface area contributed by atoms with Gasteiger partial charge in [0.1, 0.15) is 6.20 Å². The molecule has 0 fully saturated rings. The van der Waals surface area contributed by atoms with E-state index in [1.54, 1.807) is 0 Å². The fourth-order valence-corrected chi connectivity index (χ4v) is 2.21. The molecule has 1 aromatic carbocycles. The molecule has 6 nitrogen and oxygen atoms in total. The standard InChI is InChI=1S/C13H13ClN4O2/c1-7-4-8(2)11(9(3)5-7)16-12-10(18(19)20)6-15-13(14)17-12/h4-6H,1-3H3,(H,15,16,17). The SMILES string of the molecule is Cc1cc(C)c(Nc2nc(Cl)ncc2[N+](=O)[O-])c(C)c1. The van der Waals surface area contributed by atoms with Crippen molar-refractivity contribution < 1.29 is 4.92 Å². The monoisotopic (exact) mass is 292 g/mol. The zero-order valence-corrected chi connectivity index (χ0v) is 12.0. The summed E-state index contributed by atoms with van der Waals surface area (Å²) in [5, 5.41) is 13.9. The predicted octanol–water partition coefficient (Wildman–Crippen LogP) is 3.71. The molecule has 0 amide bonds. The lowest BCUT2D eigenvalue weighted by Gasteiger charge is -2.13. The zero-order valence-electron chi connectivity index (χ0n) is 11.3. The van der Waals surface area contributed by atoms with Crippen LogP contribution < -0.4 is 5.32 Å². The minimum absolute atomic E-state index is 0.0412. The van der Waals surface area contributed by atoms with Crippen LogP contribution in [0.3, 0.4) is 0 Å². The Labute approximate surface area is 121 Å². The lowest BCUT2D eigenvalue weighted by atomic mass is 10.1. The summed E-state index contributed by atoms with van der Waals surface area (Å²) in [5.41, 5.74) is 3.65. The number of aromatic nitrogens is 2. The molecule has 1 aromatic heterocycles. The lowest BCUT2D eigenvalue weighted by Crippen LogP contribution is -2.03. The maximum absolute atomic E-state index is 11.0. The van der Waals surface area contributed by atoms with E-state index in [4.69, 9.17) is 11.6 Å². The number of halogens is 1. The van der Waals surface area contributed by atoms with Crippen LogP contribution in [0.15, 0.2) is 18.3 Å². The van der Waals surface area contributed by atoms with Crippen LogP contribution in [-0.4, -0.2) is 14.9 Å². The van der Waals surface area contributed by atoms with Crippen LogP contribution in [0.1, 0.15) is 16.7 Å². The summed E-state index contributed by atoms with van der Waals surface area (Å²) < 4.78 is 0.